The summed E-state index contributed by atoms with van der Waals surface area (Å²) in [6.07, 6.45) is 9.88. The van der Waals surface area contributed by atoms with Gasteiger partial charge in [0, 0.05) is 49.7 Å². The molecule has 0 amide bonds. The van der Waals surface area contributed by atoms with Gasteiger partial charge in [0.1, 0.15) is 0 Å². The van der Waals surface area contributed by atoms with Gasteiger partial charge in [0.2, 0.25) is 0 Å². The molecule has 0 saturated carbocycles. The van der Waals surface area contributed by atoms with Crippen LogP contribution in [0, 0.1) is 0 Å². The van der Waals surface area contributed by atoms with Crippen LogP contribution in [0.5, 0.6) is 0 Å². The fourth-order valence-electron chi connectivity index (χ4n) is 9.46. The summed E-state index contributed by atoms with van der Waals surface area (Å²) >= 11 is 0. The van der Waals surface area contributed by atoms with Crippen molar-refractivity contribution >= 4 is 55.0 Å². The van der Waals surface area contributed by atoms with Crippen molar-refractivity contribution in [2.75, 3.05) is 4.90 Å². The van der Waals surface area contributed by atoms with Crippen LogP contribution in [0.2, 0.25) is 0 Å². The molecule has 9 aromatic rings. The van der Waals surface area contributed by atoms with E-state index in [1.54, 1.807) is 0 Å². The second kappa shape index (κ2) is 11.7. The summed E-state index contributed by atoms with van der Waals surface area (Å²) in [5, 5.41) is 5.05. The van der Waals surface area contributed by atoms with Crippen LogP contribution in [-0.2, 0) is 5.41 Å². The standard InChI is InChI=1S/C51H39N3/c1-51(2)45-24-14-12-22-39(45)41-33-50-44(32-46(41)51)40-23-13-15-25-47(40)54(50)38-27-29-49-43(31-38)42-30-37(26-28-48(42)53(49)36-20-10-5-11-21-36)52(34-16-6-3-7-17-34)35-18-8-4-9-19-35/h3-18,20-33,35H,19H2,1-2H3. The lowest BCUT2D eigenvalue weighted by atomic mass is 9.82. The van der Waals surface area contributed by atoms with Gasteiger partial charge >= 0.3 is 0 Å². The Morgan fingerprint density at radius 1 is 0.481 bits per heavy atom. The monoisotopic (exact) mass is 693 g/mol. The minimum absolute atomic E-state index is 0.0590. The summed E-state index contributed by atoms with van der Waals surface area (Å²) in [7, 11) is 0. The molecular weight excluding hydrogens is 655 g/mol. The number of rotatable bonds is 5. The fourth-order valence-corrected chi connectivity index (χ4v) is 9.46. The molecule has 3 nitrogen and oxygen atoms in total. The van der Waals surface area contributed by atoms with Gasteiger partial charge in [0.25, 0.3) is 0 Å². The first-order valence-electron chi connectivity index (χ1n) is 19.1. The number of fused-ring (bicyclic) bond motifs is 9. The summed E-state index contributed by atoms with van der Waals surface area (Å²) < 4.78 is 4.91. The van der Waals surface area contributed by atoms with Crippen molar-refractivity contribution < 1.29 is 0 Å². The van der Waals surface area contributed by atoms with Crippen LogP contribution < -0.4 is 4.90 Å². The van der Waals surface area contributed by atoms with E-state index in [9.17, 15) is 0 Å². The van der Waals surface area contributed by atoms with Gasteiger partial charge in [0.15, 0.2) is 0 Å². The molecular formula is C51H39N3. The van der Waals surface area contributed by atoms with Crippen molar-refractivity contribution in [1.82, 2.24) is 9.13 Å². The Balaban J connectivity index is 1.18. The maximum Gasteiger partial charge on any atom is 0.0559 e. The lowest BCUT2D eigenvalue weighted by molar-refractivity contribution is 0.661. The number of aromatic nitrogens is 2. The molecule has 0 spiro atoms. The van der Waals surface area contributed by atoms with Crippen molar-refractivity contribution in [2.45, 2.75) is 31.7 Å². The Morgan fingerprint density at radius 2 is 1.15 bits per heavy atom. The van der Waals surface area contributed by atoms with Crippen LogP contribution in [0.25, 0.3) is 66.1 Å². The van der Waals surface area contributed by atoms with Crippen molar-refractivity contribution in [1.29, 1.82) is 0 Å². The highest BCUT2D eigenvalue weighted by molar-refractivity contribution is 6.14. The zero-order valence-electron chi connectivity index (χ0n) is 30.4. The van der Waals surface area contributed by atoms with Gasteiger partial charge in [-0.15, -0.1) is 0 Å². The maximum atomic E-state index is 2.49. The van der Waals surface area contributed by atoms with E-state index in [1.165, 1.54) is 77.2 Å². The molecule has 2 aromatic heterocycles. The molecule has 11 rings (SSSR count). The third-order valence-electron chi connectivity index (χ3n) is 12.0. The van der Waals surface area contributed by atoms with E-state index in [1.807, 2.05) is 0 Å². The van der Waals surface area contributed by atoms with Gasteiger partial charge in [-0.2, -0.15) is 0 Å². The summed E-state index contributed by atoms with van der Waals surface area (Å²) in [6.45, 7) is 4.74. The molecule has 2 aliphatic carbocycles. The zero-order chi connectivity index (χ0) is 36.0. The Labute approximate surface area is 315 Å². The number of allylic oxidation sites excluding steroid dienone is 2. The Kier molecular flexibility index (Phi) is 6.72. The minimum Gasteiger partial charge on any atom is -0.334 e. The second-order valence-electron chi connectivity index (χ2n) is 15.3. The maximum absolute atomic E-state index is 2.49. The summed E-state index contributed by atoms with van der Waals surface area (Å²) in [5.41, 5.74) is 15.0. The van der Waals surface area contributed by atoms with E-state index < -0.39 is 0 Å². The molecule has 0 saturated heterocycles. The highest BCUT2D eigenvalue weighted by Crippen LogP contribution is 2.51. The SMILES string of the molecule is CC1(C)c2ccccc2-c2cc3c(cc21)c1ccccc1n3-c1ccc2c(c1)c1cc(N(c3ccccc3)C3C=CC=CC3)ccc1n2-c1ccccc1. The number of nitrogens with zero attached hydrogens (tertiary/aromatic N) is 3. The van der Waals surface area contributed by atoms with Crippen molar-refractivity contribution in [2.24, 2.45) is 0 Å². The third kappa shape index (κ3) is 4.48. The van der Waals surface area contributed by atoms with Gasteiger partial charge in [-0.05, 0) is 108 Å². The van der Waals surface area contributed by atoms with Crippen molar-refractivity contribution in [3.05, 3.63) is 193 Å². The first-order chi connectivity index (χ1) is 26.6. The summed E-state index contributed by atoms with van der Waals surface area (Å²) in [6, 6.07) is 58.7. The second-order valence-corrected chi connectivity index (χ2v) is 15.3. The van der Waals surface area contributed by atoms with Crippen LogP contribution in [0.4, 0.5) is 11.4 Å². The minimum atomic E-state index is -0.0590. The third-order valence-corrected chi connectivity index (χ3v) is 12.0. The quantitative estimate of drug-likeness (QED) is 0.175. The van der Waals surface area contributed by atoms with E-state index in [2.05, 4.69) is 210 Å². The average Bonchev–Trinajstić information content (AvgIpc) is 3.81. The van der Waals surface area contributed by atoms with Crippen LogP contribution in [0.3, 0.4) is 0 Å². The molecule has 0 bridgehead atoms. The molecule has 258 valence electrons. The van der Waals surface area contributed by atoms with Crippen LogP contribution in [0.15, 0.2) is 182 Å². The molecule has 2 heterocycles. The molecule has 1 unspecified atom stereocenters. The highest BCUT2D eigenvalue weighted by Gasteiger charge is 2.36. The van der Waals surface area contributed by atoms with Crippen LogP contribution in [-0.4, -0.2) is 15.2 Å². The molecule has 0 fully saturated rings. The molecule has 2 aliphatic rings. The highest BCUT2D eigenvalue weighted by atomic mass is 15.2. The Hall–Kier alpha value is -6.58. The molecule has 7 aromatic carbocycles. The summed E-state index contributed by atoms with van der Waals surface area (Å²) in [4.78, 5) is 2.49. The predicted molar refractivity (Wildman–Crippen MR) is 228 cm³/mol. The summed E-state index contributed by atoms with van der Waals surface area (Å²) in [5.74, 6) is 0. The van der Waals surface area contributed by atoms with Gasteiger partial charge in [-0.3, -0.25) is 0 Å². The van der Waals surface area contributed by atoms with E-state index in [0.29, 0.717) is 0 Å². The van der Waals surface area contributed by atoms with E-state index in [0.717, 1.165) is 17.8 Å². The topological polar surface area (TPSA) is 13.1 Å². The first kappa shape index (κ1) is 31.0. The normalized spacial score (nSPS) is 15.7. The molecule has 54 heavy (non-hydrogen) atoms. The van der Waals surface area contributed by atoms with E-state index in [-0.39, 0.29) is 11.5 Å². The first-order valence-corrected chi connectivity index (χ1v) is 19.1. The lowest BCUT2D eigenvalue weighted by Crippen LogP contribution is -2.29. The average molecular weight is 694 g/mol. The lowest BCUT2D eigenvalue weighted by Gasteiger charge is -2.32. The van der Waals surface area contributed by atoms with Crippen molar-refractivity contribution in [3.8, 4) is 22.5 Å². The van der Waals surface area contributed by atoms with E-state index >= 15 is 0 Å². The van der Waals surface area contributed by atoms with Crippen LogP contribution in [0.1, 0.15) is 31.4 Å². The van der Waals surface area contributed by atoms with Crippen molar-refractivity contribution in [3.63, 3.8) is 0 Å². The van der Waals surface area contributed by atoms with Gasteiger partial charge in [0.05, 0.1) is 28.1 Å². The number of hydrogen-bond donors (Lipinski definition) is 0. The molecule has 0 N–H and O–H groups in total. The van der Waals surface area contributed by atoms with Gasteiger partial charge in [-0.25, -0.2) is 0 Å². The fraction of sp³-hybridized carbons (Fsp3) is 0.0980. The molecule has 0 radical (unpaired) electrons. The van der Waals surface area contributed by atoms with Crippen LogP contribution >= 0.6 is 0 Å². The van der Waals surface area contributed by atoms with Gasteiger partial charge < -0.3 is 14.0 Å². The number of anilines is 2. The molecule has 3 heteroatoms. The van der Waals surface area contributed by atoms with E-state index in [4.69, 9.17) is 0 Å². The zero-order valence-corrected chi connectivity index (χ0v) is 30.4. The number of benzene rings is 7. The number of hydrogen-bond acceptors (Lipinski definition) is 1. The smallest absolute Gasteiger partial charge is 0.0559 e. The van der Waals surface area contributed by atoms with Gasteiger partial charge in [-0.1, -0.05) is 117 Å². The molecule has 0 aliphatic heterocycles. The Morgan fingerprint density at radius 3 is 1.96 bits per heavy atom. The predicted octanol–water partition coefficient (Wildman–Crippen LogP) is 13.2. The molecule has 1 atom stereocenters. The Bertz CT molecular complexity index is 2990. The number of para-hydroxylation sites is 3. The largest absolute Gasteiger partial charge is 0.334 e.